The van der Waals surface area contributed by atoms with Gasteiger partial charge >= 0.3 is 0 Å². The monoisotopic (exact) mass is 464 g/mol. The van der Waals surface area contributed by atoms with Crippen molar-refractivity contribution in [2.45, 2.75) is 46.2 Å². The van der Waals surface area contributed by atoms with Gasteiger partial charge in [0, 0.05) is 37.2 Å². The minimum Gasteiger partial charge on any atom is -0.381 e. The van der Waals surface area contributed by atoms with Crippen LogP contribution in [-0.2, 0) is 11.3 Å². The van der Waals surface area contributed by atoms with Crippen LogP contribution in [0.25, 0.3) is 5.65 Å². The van der Waals surface area contributed by atoms with Crippen LogP contribution >= 0.6 is 0 Å². The van der Waals surface area contributed by atoms with E-state index in [4.69, 9.17) is 0 Å². The molecule has 1 aliphatic rings. The molecule has 0 spiro atoms. The average molecular weight is 465 g/mol. The van der Waals surface area contributed by atoms with Crippen LogP contribution in [-0.4, -0.2) is 59.8 Å². The van der Waals surface area contributed by atoms with E-state index < -0.39 is 0 Å². The molecule has 34 heavy (non-hydrogen) atoms. The van der Waals surface area contributed by atoms with Crippen molar-refractivity contribution < 1.29 is 9.18 Å². The van der Waals surface area contributed by atoms with Crippen LogP contribution in [0.3, 0.4) is 0 Å². The Hall–Kier alpha value is -3.82. The SMILES string of the molecule is CC(=N/C=C\C(NC1CCCN(C(=O)Cn2cncn2)C1)=C(C)C)c1cnc2ccc(F)cn12. The van der Waals surface area contributed by atoms with Gasteiger partial charge < -0.3 is 10.2 Å². The Morgan fingerprint density at radius 3 is 2.94 bits per heavy atom. The lowest BCUT2D eigenvalue weighted by atomic mass is 10.0. The lowest BCUT2D eigenvalue weighted by Gasteiger charge is -2.34. The number of hydrogen-bond acceptors (Lipinski definition) is 6. The zero-order valence-electron chi connectivity index (χ0n) is 19.6. The molecule has 0 aromatic carbocycles. The van der Waals surface area contributed by atoms with Gasteiger partial charge in [-0.05, 0) is 51.8 Å². The number of allylic oxidation sites excluding steroid dienone is 2. The number of likely N-dealkylation sites (tertiary alicyclic amines) is 1. The Labute approximate surface area is 197 Å². The second-order valence-electron chi connectivity index (χ2n) is 8.58. The highest BCUT2D eigenvalue weighted by molar-refractivity contribution is 5.98. The predicted molar refractivity (Wildman–Crippen MR) is 128 cm³/mol. The van der Waals surface area contributed by atoms with Gasteiger partial charge in [-0.1, -0.05) is 5.57 Å². The summed E-state index contributed by atoms with van der Waals surface area (Å²) in [5, 5.41) is 7.59. The summed E-state index contributed by atoms with van der Waals surface area (Å²) in [6, 6.07) is 3.17. The molecule has 3 aromatic heterocycles. The number of carbonyl (C=O) groups excluding carboxylic acids is 1. The highest BCUT2D eigenvalue weighted by Gasteiger charge is 2.24. The van der Waals surface area contributed by atoms with Crippen LogP contribution in [0.4, 0.5) is 4.39 Å². The van der Waals surface area contributed by atoms with Crippen molar-refractivity contribution in [2.75, 3.05) is 13.1 Å². The highest BCUT2D eigenvalue weighted by Crippen LogP contribution is 2.15. The van der Waals surface area contributed by atoms with Gasteiger partial charge in [-0.2, -0.15) is 5.10 Å². The van der Waals surface area contributed by atoms with E-state index in [1.807, 2.05) is 31.7 Å². The quantitative estimate of drug-likeness (QED) is 0.429. The average Bonchev–Trinajstić information content (AvgIpc) is 3.48. The summed E-state index contributed by atoms with van der Waals surface area (Å²) < 4.78 is 16.9. The summed E-state index contributed by atoms with van der Waals surface area (Å²) in [6.07, 6.45) is 11.7. The molecular weight excluding hydrogens is 435 g/mol. The van der Waals surface area contributed by atoms with E-state index in [1.165, 1.54) is 18.6 Å². The lowest BCUT2D eigenvalue weighted by molar-refractivity contribution is -0.133. The molecule has 3 aromatic rings. The Kier molecular flexibility index (Phi) is 7.15. The van der Waals surface area contributed by atoms with Crippen LogP contribution < -0.4 is 5.32 Å². The first-order chi connectivity index (χ1) is 16.4. The fourth-order valence-electron chi connectivity index (χ4n) is 3.97. The fraction of sp³-hybridized carbons (Fsp3) is 0.375. The molecule has 1 atom stereocenters. The normalized spacial score (nSPS) is 16.9. The number of nitrogens with zero attached hydrogens (tertiary/aromatic N) is 7. The smallest absolute Gasteiger partial charge is 0.244 e. The number of rotatable bonds is 7. The molecule has 1 amide bonds. The number of aliphatic imine (C=N–C) groups is 1. The van der Waals surface area contributed by atoms with Crippen molar-refractivity contribution in [1.82, 2.24) is 34.4 Å². The third kappa shape index (κ3) is 5.56. The molecule has 0 saturated carbocycles. The van der Waals surface area contributed by atoms with Gasteiger partial charge in [0.15, 0.2) is 0 Å². The van der Waals surface area contributed by atoms with Crippen molar-refractivity contribution in [3.8, 4) is 0 Å². The molecule has 1 fully saturated rings. The van der Waals surface area contributed by atoms with Crippen LogP contribution in [0.5, 0.6) is 0 Å². The van der Waals surface area contributed by atoms with Crippen molar-refractivity contribution in [3.05, 3.63) is 72.2 Å². The summed E-state index contributed by atoms with van der Waals surface area (Å²) in [6.45, 7) is 7.51. The van der Waals surface area contributed by atoms with Gasteiger partial charge in [0.05, 0.1) is 17.6 Å². The van der Waals surface area contributed by atoms with Crippen molar-refractivity contribution >= 4 is 17.3 Å². The minimum absolute atomic E-state index is 0.0380. The standard InChI is InChI=1S/C24H29FN8O/c1-17(2)21(8-9-27-18(3)22-11-28-23-7-6-19(25)12-33(22)23)30-20-5-4-10-31(13-20)24(34)14-32-16-26-15-29-32/h6-9,11-12,15-16,20,30H,4-5,10,13-14H2,1-3H3/b9-8-,27-18?. The lowest BCUT2D eigenvalue weighted by Crippen LogP contribution is -2.48. The number of aromatic nitrogens is 5. The first-order valence-electron chi connectivity index (χ1n) is 11.3. The largest absolute Gasteiger partial charge is 0.381 e. The minimum atomic E-state index is -0.326. The van der Waals surface area contributed by atoms with Gasteiger partial charge in [-0.15, -0.1) is 0 Å². The van der Waals surface area contributed by atoms with Gasteiger partial charge in [0.1, 0.15) is 30.7 Å². The Morgan fingerprint density at radius 1 is 1.32 bits per heavy atom. The molecule has 9 nitrogen and oxygen atoms in total. The van der Waals surface area contributed by atoms with E-state index >= 15 is 0 Å². The van der Waals surface area contributed by atoms with Gasteiger partial charge in [0.2, 0.25) is 5.91 Å². The van der Waals surface area contributed by atoms with Crippen LogP contribution in [0.2, 0.25) is 0 Å². The molecule has 4 heterocycles. The number of imidazole rings is 1. The maximum Gasteiger partial charge on any atom is 0.244 e. The van der Waals surface area contributed by atoms with Gasteiger partial charge in [0.25, 0.3) is 0 Å². The Morgan fingerprint density at radius 2 is 2.18 bits per heavy atom. The number of fused-ring (bicyclic) bond motifs is 1. The zero-order valence-corrected chi connectivity index (χ0v) is 19.6. The number of amides is 1. The molecule has 4 rings (SSSR count). The van der Waals surface area contributed by atoms with Crippen molar-refractivity contribution in [3.63, 3.8) is 0 Å². The maximum absolute atomic E-state index is 13.7. The number of carbonyl (C=O) groups is 1. The van der Waals surface area contributed by atoms with E-state index in [2.05, 4.69) is 25.4 Å². The summed E-state index contributed by atoms with van der Waals surface area (Å²) >= 11 is 0. The second-order valence-corrected chi connectivity index (χ2v) is 8.58. The van der Waals surface area contributed by atoms with E-state index in [0.717, 1.165) is 42.1 Å². The van der Waals surface area contributed by atoms with Gasteiger partial charge in [-0.3, -0.25) is 14.2 Å². The first kappa shape index (κ1) is 23.3. The van der Waals surface area contributed by atoms with Crippen LogP contribution in [0, 0.1) is 5.82 Å². The van der Waals surface area contributed by atoms with Crippen molar-refractivity contribution in [2.24, 2.45) is 4.99 Å². The molecule has 10 heteroatoms. The highest BCUT2D eigenvalue weighted by atomic mass is 19.1. The van der Waals surface area contributed by atoms with Crippen LogP contribution in [0.15, 0.2) is 65.7 Å². The first-order valence-corrected chi connectivity index (χ1v) is 11.3. The fourth-order valence-corrected chi connectivity index (χ4v) is 3.97. The Balaban J connectivity index is 1.40. The topological polar surface area (TPSA) is 92.7 Å². The summed E-state index contributed by atoms with van der Waals surface area (Å²) in [4.78, 5) is 27.3. The molecule has 0 aliphatic carbocycles. The zero-order chi connectivity index (χ0) is 24.1. The number of piperidine rings is 1. The number of nitrogens with one attached hydrogen (secondary N) is 1. The number of pyridine rings is 1. The summed E-state index contributed by atoms with van der Waals surface area (Å²) in [5.41, 5.74) is 4.22. The van der Waals surface area contributed by atoms with E-state index in [9.17, 15) is 9.18 Å². The molecule has 178 valence electrons. The third-order valence-corrected chi connectivity index (χ3v) is 5.79. The number of halogens is 1. The third-order valence-electron chi connectivity index (χ3n) is 5.79. The van der Waals surface area contributed by atoms with E-state index in [1.54, 1.807) is 33.9 Å². The molecule has 1 unspecified atom stereocenters. The molecule has 1 aliphatic heterocycles. The number of hydrogen-bond donors (Lipinski definition) is 1. The molecular formula is C24H29FN8O. The van der Waals surface area contributed by atoms with Crippen LogP contribution in [0.1, 0.15) is 39.3 Å². The molecule has 1 saturated heterocycles. The molecule has 1 N–H and O–H groups in total. The molecule has 0 radical (unpaired) electrons. The summed E-state index contributed by atoms with van der Waals surface area (Å²) in [5.74, 6) is -0.289. The summed E-state index contributed by atoms with van der Waals surface area (Å²) in [7, 11) is 0. The Bertz CT molecular complexity index is 1240. The van der Waals surface area contributed by atoms with E-state index in [0.29, 0.717) is 12.2 Å². The second kappa shape index (κ2) is 10.4. The molecule has 0 bridgehead atoms. The van der Waals surface area contributed by atoms with Gasteiger partial charge in [-0.25, -0.2) is 19.0 Å². The van der Waals surface area contributed by atoms with E-state index in [-0.39, 0.29) is 24.3 Å². The van der Waals surface area contributed by atoms with Crippen molar-refractivity contribution in [1.29, 1.82) is 0 Å². The maximum atomic E-state index is 13.7. The predicted octanol–water partition coefficient (Wildman–Crippen LogP) is 2.96.